The van der Waals surface area contributed by atoms with Crippen LogP contribution in [0.25, 0.3) is 0 Å². The van der Waals surface area contributed by atoms with Gasteiger partial charge in [-0.3, -0.25) is 0 Å². The van der Waals surface area contributed by atoms with Gasteiger partial charge in [-0.25, -0.2) is 12.8 Å². The molecule has 0 aromatic heterocycles. The van der Waals surface area contributed by atoms with Crippen LogP contribution in [0.4, 0.5) is 10.1 Å². The van der Waals surface area contributed by atoms with Gasteiger partial charge >= 0.3 is 0 Å². The molecule has 1 aromatic rings. The molecule has 1 aromatic carbocycles. The molecule has 0 radical (unpaired) electrons. The van der Waals surface area contributed by atoms with E-state index in [4.69, 9.17) is 11.6 Å². The quantitative estimate of drug-likeness (QED) is 0.909. The van der Waals surface area contributed by atoms with E-state index in [-0.39, 0.29) is 17.5 Å². The molecule has 0 saturated carbocycles. The molecule has 0 saturated heterocycles. The van der Waals surface area contributed by atoms with Crippen molar-refractivity contribution in [2.24, 2.45) is 0 Å². The Labute approximate surface area is 99.5 Å². The lowest BCUT2D eigenvalue weighted by atomic mass is 10.2. The fourth-order valence-corrected chi connectivity index (χ4v) is 2.53. The van der Waals surface area contributed by atoms with Gasteiger partial charge in [0.05, 0.1) is 11.4 Å². The molecule has 3 nitrogen and oxygen atoms in total. The fourth-order valence-electron chi connectivity index (χ4n) is 1.37. The molecule has 0 aliphatic carbocycles. The third kappa shape index (κ3) is 4.37. The molecule has 0 fully saturated rings. The van der Waals surface area contributed by atoms with E-state index in [9.17, 15) is 12.8 Å². The second kappa shape index (κ2) is 5.01. The number of benzene rings is 1. The van der Waals surface area contributed by atoms with Crippen LogP contribution in [-0.2, 0) is 9.84 Å². The molecule has 0 spiro atoms. The van der Waals surface area contributed by atoms with Gasteiger partial charge in [-0.15, -0.1) is 0 Å². The molecule has 0 aliphatic heterocycles. The normalized spacial score (nSPS) is 13.5. The maximum absolute atomic E-state index is 13.3. The van der Waals surface area contributed by atoms with E-state index >= 15 is 0 Å². The predicted octanol–water partition coefficient (Wildman–Crippen LogP) is 2.32. The zero-order chi connectivity index (χ0) is 12.3. The summed E-state index contributed by atoms with van der Waals surface area (Å²) in [5.41, 5.74) is 0.212. The molecule has 1 N–H and O–H groups in total. The van der Waals surface area contributed by atoms with Crippen LogP contribution < -0.4 is 5.32 Å². The minimum atomic E-state index is -3.08. The molecule has 0 amide bonds. The average Bonchev–Trinajstić information content (AvgIpc) is 2.08. The van der Waals surface area contributed by atoms with Gasteiger partial charge in [-0.2, -0.15) is 0 Å². The van der Waals surface area contributed by atoms with Crippen LogP contribution in [0.3, 0.4) is 0 Å². The molecule has 1 rings (SSSR count). The lowest BCUT2D eigenvalue weighted by Crippen LogP contribution is -2.25. The van der Waals surface area contributed by atoms with Gasteiger partial charge in [-0.1, -0.05) is 11.6 Å². The summed E-state index contributed by atoms with van der Waals surface area (Å²) in [7, 11) is -3.08. The number of sulfone groups is 1. The summed E-state index contributed by atoms with van der Waals surface area (Å²) in [5, 5.41) is 3.17. The SMILES string of the molecule is CC(CS(C)(=O)=O)Nc1cc(Cl)ccc1F. The summed E-state index contributed by atoms with van der Waals surface area (Å²) in [4.78, 5) is 0. The van der Waals surface area contributed by atoms with Crippen molar-refractivity contribution in [1.29, 1.82) is 0 Å². The number of rotatable bonds is 4. The smallest absolute Gasteiger partial charge is 0.149 e. The summed E-state index contributed by atoms with van der Waals surface area (Å²) >= 11 is 5.71. The number of hydrogen-bond acceptors (Lipinski definition) is 3. The van der Waals surface area contributed by atoms with E-state index in [0.29, 0.717) is 5.02 Å². The van der Waals surface area contributed by atoms with Crippen molar-refractivity contribution in [2.45, 2.75) is 13.0 Å². The van der Waals surface area contributed by atoms with Crippen LogP contribution in [0.2, 0.25) is 5.02 Å². The maximum atomic E-state index is 13.3. The highest BCUT2D eigenvalue weighted by molar-refractivity contribution is 7.90. The summed E-state index contributed by atoms with van der Waals surface area (Å²) in [6.07, 6.45) is 1.14. The first-order valence-corrected chi connectivity index (χ1v) is 7.11. The van der Waals surface area contributed by atoms with Gasteiger partial charge in [0, 0.05) is 17.3 Å². The molecular weight excluding hydrogens is 253 g/mol. The molecule has 1 atom stereocenters. The van der Waals surface area contributed by atoms with Gasteiger partial charge in [0.25, 0.3) is 0 Å². The average molecular weight is 266 g/mol. The van der Waals surface area contributed by atoms with Gasteiger partial charge in [0.1, 0.15) is 15.7 Å². The zero-order valence-corrected chi connectivity index (χ0v) is 10.6. The van der Waals surface area contributed by atoms with Gasteiger partial charge in [-0.05, 0) is 25.1 Å². The Balaban J connectivity index is 2.77. The molecule has 0 bridgehead atoms. The summed E-state index contributed by atoms with van der Waals surface area (Å²) in [6.45, 7) is 1.67. The van der Waals surface area contributed by atoms with Crippen LogP contribution in [0, 0.1) is 5.82 Å². The highest BCUT2D eigenvalue weighted by atomic mass is 35.5. The van der Waals surface area contributed by atoms with E-state index in [1.807, 2.05) is 0 Å². The van der Waals surface area contributed by atoms with Crippen molar-refractivity contribution in [3.05, 3.63) is 29.0 Å². The van der Waals surface area contributed by atoms with Crippen LogP contribution in [0.1, 0.15) is 6.92 Å². The Morgan fingerprint density at radius 3 is 2.69 bits per heavy atom. The Morgan fingerprint density at radius 1 is 1.50 bits per heavy atom. The molecule has 0 aliphatic rings. The van der Waals surface area contributed by atoms with Crippen LogP contribution >= 0.6 is 11.6 Å². The van der Waals surface area contributed by atoms with E-state index < -0.39 is 15.7 Å². The Bertz CT molecular complexity index is 476. The third-order valence-corrected chi connectivity index (χ3v) is 3.22. The first-order valence-electron chi connectivity index (χ1n) is 4.67. The number of nitrogens with one attached hydrogen (secondary N) is 1. The predicted molar refractivity (Wildman–Crippen MR) is 64.2 cm³/mol. The van der Waals surface area contributed by atoms with E-state index in [0.717, 1.165) is 6.26 Å². The lowest BCUT2D eigenvalue weighted by molar-refractivity contribution is 0.596. The Kier molecular flexibility index (Phi) is 4.15. The molecular formula is C10H13ClFNO2S. The minimum absolute atomic E-state index is 0.0566. The first-order chi connectivity index (χ1) is 7.28. The topological polar surface area (TPSA) is 46.2 Å². The Hall–Kier alpha value is -0.810. The monoisotopic (exact) mass is 265 g/mol. The number of anilines is 1. The maximum Gasteiger partial charge on any atom is 0.149 e. The number of halogens is 2. The van der Waals surface area contributed by atoms with E-state index in [2.05, 4.69) is 5.32 Å². The first kappa shape index (κ1) is 13.3. The van der Waals surface area contributed by atoms with Crippen molar-refractivity contribution < 1.29 is 12.8 Å². The van der Waals surface area contributed by atoms with Crippen molar-refractivity contribution in [3.8, 4) is 0 Å². The molecule has 6 heteroatoms. The Morgan fingerprint density at radius 2 is 2.12 bits per heavy atom. The van der Waals surface area contributed by atoms with Gasteiger partial charge < -0.3 is 5.32 Å². The third-order valence-electron chi connectivity index (χ3n) is 1.88. The van der Waals surface area contributed by atoms with Gasteiger partial charge in [0.2, 0.25) is 0 Å². The second-order valence-electron chi connectivity index (χ2n) is 3.76. The zero-order valence-electron chi connectivity index (χ0n) is 9.00. The van der Waals surface area contributed by atoms with Crippen molar-refractivity contribution in [2.75, 3.05) is 17.3 Å². The molecule has 90 valence electrons. The van der Waals surface area contributed by atoms with Crippen molar-refractivity contribution in [3.63, 3.8) is 0 Å². The molecule has 16 heavy (non-hydrogen) atoms. The van der Waals surface area contributed by atoms with Crippen LogP contribution in [-0.4, -0.2) is 26.5 Å². The van der Waals surface area contributed by atoms with Crippen molar-refractivity contribution >= 4 is 27.1 Å². The van der Waals surface area contributed by atoms with E-state index in [1.165, 1.54) is 18.2 Å². The van der Waals surface area contributed by atoms with E-state index in [1.54, 1.807) is 6.92 Å². The van der Waals surface area contributed by atoms with Crippen molar-refractivity contribution in [1.82, 2.24) is 0 Å². The lowest BCUT2D eigenvalue weighted by Gasteiger charge is -2.14. The highest BCUT2D eigenvalue weighted by Gasteiger charge is 2.12. The minimum Gasteiger partial charge on any atom is -0.379 e. The summed E-state index contributed by atoms with van der Waals surface area (Å²) in [6, 6.07) is 3.72. The molecule has 0 heterocycles. The van der Waals surface area contributed by atoms with Crippen LogP contribution in [0.15, 0.2) is 18.2 Å². The standard InChI is InChI=1S/C10H13ClFNO2S/c1-7(6-16(2,14)15)13-10-5-8(11)3-4-9(10)12/h3-5,7,13H,6H2,1-2H3. The summed E-state index contributed by atoms with van der Waals surface area (Å²) < 4.78 is 35.3. The fraction of sp³-hybridized carbons (Fsp3) is 0.400. The molecule has 1 unspecified atom stereocenters. The summed E-state index contributed by atoms with van der Waals surface area (Å²) in [5.74, 6) is -0.511. The highest BCUT2D eigenvalue weighted by Crippen LogP contribution is 2.20. The number of hydrogen-bond donors (Lipinski definition) is 1. The van der Waals surface area contributed by atoms with Gasteiger partial charge in [0.15, 0.2) is 0 Å². The second-order valence-corrected chi connectivity index (χ2v) is 6.38. The van der Waals surface area contributed by atoms with Crippen LogP contribution in [0.5, 0.6) is 0 Å². The largest absolute Gasteiger partial charge is 0.379 e.